The van der Waals surface area contributed by atoms with Crippen molar-refractivity contribution in [2.24, 2.45) is 0 Å². The molecule has 0 saturated heterocycles. The molecule has 2 aromatic carbocycles. The van der Waals surface area contributed by atoms with Crippen LogP contribution in [0.25, 0.3) is 11.8 Å². The van der Waals surface area contributed by atoms with Crippen LogP contribution in [0.4, 0.5) is 5.69 Å². The number of anilines is 1. The lowest BCUT2D eigenvalue weighted by Gasteiger charge is -2.09. The normalized spacial score (nSPS) is 10.9. The number of nitrogens with one attached hydrogen (secondary N) is 1. The van der Waals surface area contributed by atoms with Crippen LogP contribution in [0, 0.1) is 27.7 Å². The number of ether oxygens (including phenoxy) is 1. The first-order valence-corrected chi connectivity index (χ1v) is 9.68. The summed E-state index contributed by atoms with van der Waals surface area (Å²) >= 11 is 0. The number of carbonyl (C=O) groups is 2. The molecule has 1 amide bonds. The highest BCUT2D eigenvalue weighted by molar-refractivity contribution is 5.95. The number of esters is 1. The van der Waals surface area contributed by atoms with Crippen molar-refractivity contribution in [2.75, 3.05) is 11.9 Å². The van der Waals surface area contributed by atoms with Crippen molar-refractivity contribution in [3.8, 4) is 5.69 Å². The zero-order chi connectivity index (χ0) is 21.7. The molecule has 0 fully saturated rings. The molecule has 0 aliphatic heterocycles. The van der Waals surface area contributed by atoms with Crippen LogP contribution >= 0.6 is 0 Å². The van der Waals surface area contributed by atoms with Crippen molar-refractivity contribution >= 4 is 23.6 Å². The van der Waals surface area contributed by atoms with E-state index in [-0.39, 0.29) is 12.5 Å². The van der Waals surface area contributed by atoms with Crippen LogP contribution in [0.3, 0.4) is 0 Å². The molecular weight excluding hydrogens is 378 g/mol. The standard InChI is InChI=1S/C24H25N3O3/c1-16-10-11-17(2)22(14-16)25-23(28)15-30-24(29)13-12-21-18(3)26-27(19(21)4)20-8-6-5-7-9-20/h5-14H,15H2,1-4H3,(H,25,28)/b13-12+. The Kier molecular flexibility index (Phi) is 6.47. The van der Waals surface area contributed by atoms with E-state index < -0.39 is 5.97 Å². The second-order valence-electron chi connectivity index (χ2n) is 7.14. The van der Waals surface area contributed by atoms with Crippen LogP contribution in [0.5, 0.6) is 0 Å². The molecule has 1 N–H and O–H groups in total. The lowest BCUT2D eigenvalue weighted by Crippen LogP contribution is -2.20. The van der Waals surface area contributed by atoms with Crippen LogP contribution in [0.1, 0.15) is 28.1 Å². The molecule has 0 saturated carbocycles. The number of rotatable bonds is 6. The fourth-order valence-electron chi connectivity index (χ4n) is 3.11. The summed E-state index contributed by atoms with van der Waals surface area (Å²) in [5.41, 5.74) is 6.20. The van der Waals surface area contributed by atoms with Gasteiger partial charge in [0.2, 0.25) is 0 Å². The van der Waals surface area contributed by atoms with E-state index in [9.17, 15) is 9.59 Å². The van der Waals surface area contributed by atoms with Gasteiger partial charge in [-0.15, -0.1) is 0 Å². The second kappa shape index (κ2) is 9.22. The molecule has 3 rings (SSSR count). The zero-order valence-electron chi connectivity index (χ0n) is 17.6. The number of para-hydroxylation sites is 1. The molecule has 0 unspecified atom stereocenters. The van der Waals surface area contributed by atoms with E-state index in [0.29, 0.717) is 5.69 Å². The van der Waals surface area contributed by atoms with Crippen LogP contribution in [-0.2, 0) is 14.3 Å². The third-order valence-corrected chi connectivity index (χ3v) is 4.75. The molecule has 0 aliphatic carbocycles. The highest BCUT2D eigenvalue weighted by Gasteiger charge is 2.12. The predicted octanol–water partition coefficient (Wildman–Crippen LogP) is 4.30. The van der Waals surface area contributed by atoms with Gasteiger partial charge < -0.3 is 10.1 Å². The maximum atomic E-state index is 12.1. The van der Waals surface area contributed by atoms with Gasteiger partial charge in [0.15, 0.2) is 6.61 Å². The van der Waals surface area contributed by atoms with Crippen LogP contribution in [0.2, 0.25) is 0 Å². The quantitative estimate of drug-likeness (QED) is 0.492. The smallest absolute Gasteiger partial charge is 0.331 e. The van der Waals surface area contributed by atoms with E-state index in [1.807, 2.05) is 80.9 Å². The Balaban J connectivity index is 1.60. The number of carbonyl (C=O) groups excluding carboxylic acids is 2. The molecule has 1 aromatic heterocycles. The summed E-state index contributed by atoms with van der Waals surface area (Å²) < 4.78 is 6.91. The molecule has 154 valence electrons. The fourth-order valence-corrected chi connectivity index (χ4v) is 3.11. The van der Waals surface area contributed by atoms with Gasteiger partial charge in [-0.25, -0.2) is 9.48 Å². The summed E-state index contributed by atoms with van der Waals surface area (Å²) in [5.74, 6) is -0.966. The highest BCUT2D eigenvalue weighted by atomic mass is 16.5. The molecule has 6 heteroatoms. The molecule has 0 radical (unpaired) electrons. The zero-order valence-corrected chi connectivity index (χ0v) is 17.6. The molecule has 0 bridgehead atoms. The summed E-state index contributed by atoms with van der Waals surface area (Å²) in [5, 5.41) is 7.31. The van der Waals surface area contributed by atoms with Gasteiger partial charge in [-0.05, 0) is 63.1 Å². The monoisotopic (exact) mass is 403 g/mol. The summed E-state index contributed by atoms with van der Waals surface area (Å²) in [6.45, 7) is 7.33. The van der Waals surface area contributed by atoms with E-state index in [1.165, 1.54) is 6.08 Å². The fraction of sp³-hybridized carbons (Fsp3) is 0.208. The third kappa shape index (κ3) is 5.03. The van der Waals surface area contributed by atoms with Gasteiger partial charge in [0.05, 0.1) is 11.4 Å². The first-order valence-electron chi connectivity index (χ1n) is 9.68. The van der Waals surface area contributed by atoms with Crippen molar-refractivity contribution in [3.63, 3.8) is 0 Å². The minimum Gasteiger partial charge on any atom is -0.452 e. The number of hydrogen-bond acceptors (Lipinski definition) is 4. The van der Waals surface area contributed by atoms with Gasteiger partial charge >= 0.3 is 5.97 Å². The number of amides is 1. The van der Waals surface area contributed by atoms with Gasteiger partial charge in [-0.3, -0.25) is 4.79 Å². The molecule has 30 heavy (non-hydrogen) atoms. The second-order valence-corrected chi connectivity index (χ2v) is 7.14. The van der Waals surface area contributed by atoms with E-state index in [1.54, 1.807) is 6.08 Å². The lowest BCUT2D eigenvalue weighted by atomic mass is 10.1. The molecule has 3 aromatic rings. The summed E-state index contributed by atoms with van der Waals surface area (Å²) in [6.07, 6.45) is 2.99. The van der Waals surface area contributed by atoms with Gasteiger partial charge in [-0.2, -0.15) is 5.10 Å². The van der Waals surface area contributed by atoms with Gasteiger partial charge in [0.25, 0.3) is 5.91 Å². The first-order chi connectivity index (χ1) is 14.3. The Labute approximate surface area is 176 Å². The largest absolute Gasteiger partial charge is 0.452 e. The van der Waals surface area contributed by atoms with Crippen molar-refractivity contribution < 1.29 is 14.3 Å². The third-order valence-electron chi connectivity index (χ3n) is 4.75. The summed E-state index contributed by atoms with van der Waals surface area (Å²) in [7, 11) is 0. The molecule has 0 spiro atoms. The van der Waals surface area contributed by atoms with Gasteiger partial charge in [0.1, 0.15) is 0 Å². The van der Waals surface area contributed by atoms with Crippen LogP contribution in [0.15, 0.2) is 54.6 Å². The Morgan fingerprint density at radius 3 is 2.53 bits per heavy atom. The molecule has 0 atom stereocenters. The molecule has 0 aliphatic rings. The Morgan fingerprint density at radius 2 is 1.80 bits per heavy atom. The van der Waals surface area contributed by atoms with E-state index in [2.05, 4.69) is 10.4 Å². The SMILES string of the molecule is Cc1ccc(C)c(NC(=O)COC(=O)/C=C/c2c(C)nn(-c3ccccc3)c2C)c1. The topological polar surface area (TPSA) is 73.2 Å². The Hall–Kier alpha value is -3.67. The number of hydrogen-bond donors (Lipinski definition) is 1. The predicted molar refractivity (Wildman–Crippen MR) is 118 cm³/mol. The van der Waals surface area contributed by atoms with Crippen LogP contribution < -0.4 is 5.32 Å². The van der Waals surface area contributed by atoms with Crippen molar-refractivity contribution in [1.29, 1.82) is 0 Å². The van der Waals surface area contributed by atoms with Gasteiger partial charge in [-0.1, -0.05) is 30.3 Å². The van der Waals surface area contributed by atoms with Crippen molar-refractivity contribution in [3.05, 3.63) is 82.7 Å². The summed E-state index contributed by atoms with van der Waals surface area (Å²) in [6, 6.07) is 15.6. The maximum Gasteiger partial charge on any atom is 0.331 e. The number of benzene rings is 2. The highest BCUT2D eigenvalue weighted by Crippen LogP contribution is 2.19. The van der Waals surface area contributed by atoms with Crippen molar-refractivity contribution in [1.82, 2.24) is 9.78 Å². The Morgan fingerprint density at radius 1 is 1.07 bits per heavy atom. The Bertz CT molecular complexity index is 1100. The average molecular weight is 403 g/mol. The summed E-state index contributed by atoms with van der Waals surface area (Å²) in [4.78, 5) is 24.2. The van der Waals surface area contributed by atoms with E-state index in [4.69, 9.17) is 4.74 Å². The minimum atomic E-state index is -0.586. The minimum absolute atomic E-state index is 0.349. The number of nitrogens with zero attached hydrogens (tertiary/aromatic N) is 2. The maximum absolute atomic E-state index is 12.1. The van der Waals surface area contributed by atoms with Crippen molar-refractivity contribution in [2.45, 2.75) is 27.7 Å². The van der Waals surface area contributed by atoms with Gasteiger partial charge in [0, 0.05) is 23.0 Å². The molecular formula is C24H25N3O3. The molecule has 6 nitrogen and oxygen atoms in total. The van der Waals surface area contributed by atoms with E-state index >= 15 is 0 Å². The number of aryl methyl sites for hydroxylation is 3. The number of aromatic nitrogens is 2. The first kappa shape index (κ1) is 21.0. The lowest BCUT2D eigenvalue weighted by molar-refractivity contribution is -0.142. The van der Waals surface area contributed by atoms with Crippen LogP contribution in [-0.4, -0.2) is 28.3 Å². The molecule has 1 heterocycles. The average Bonchev–Trinajstić information content (AvgIpc) is 3.02. The van der Waals surface area contributed by atoms with E-state index in [0.717, 1.165) is 33.8 Å².